The summed E-state index contributed by atoms with van der Waals surface area (Å²) < 4.78 is 0. The van der Waals surface area contributed by atoms with E-state index in [1.807, 2.05) is 19.1 Å². The van der Waals surface area contributed by atoms with Crippen molar-refractivity contribution in [3.63, 3.8) is 0 Å². The summed E-state index contributed by atoms with van der Waals surface area (Å²) in [5.74, 6) is 0.760. The molecule has 0 bridgehead atoms. The first-order valence-corrected chi connectivity index (χ1v) is 5.13. The van der Waals surface area contributed by atoms with Crippen LogP contribution in [0.3, 0.4) is 0 Å². The lowest BCUT2D eigenvalue weighted by Gasteiger charge is -2.22. The molecule has 0 amide bonds. The van der Waals surface area contributed by atoms with Gasteiger partial charge >= 0.3 is 0 Å². The normalized spacial score (nSPS) is 15.6. The molecule has 1 rings (SSSR count). The van der Waals surface area contributed by atoms with Gasteiger partial charge in [0.1, 0.15) is 0 Å². The number of nitrogens with zero attached hydrogens (tertiary/aromatic N) is 1. The first-order valence-electron chi connectivity index (χ1n) is 5.13. The Morgan fingerprint density at radius 3 is 2.43 bits per heavy atom. The highest BCUT2D eigenvalue weighted by atomic mass is 16.3. The lowest BCUT2D eigenvalue weighted by molar-refractivity contribution is 0.0920. The number of aliphatic hydroxyl groups is 1. The van der Waals surface area contributed by atoms with E-state index in [-0.39, 0.29) is 12.0 Å². The zero-order valence-electron chi connectivity index (χ0n) is 9.36. The van der Waals surface area contributed by atoms with Gasteiger partial charge in [0.05, 0.1) is 6.10 Å². The van der Waals surface area contributed by atoms with Crippen molar-refractivity contribution in [3.8, 4) is 0 Å². The van der Waals surface area contributed by atoms with E-state index in [4.69, 9.17) is 0 Å². The Kier molecular flexibility index (Phi) is 3.64. The van der Waals surface area contributed by atoms with E-state index in [0.717, 1.165) is 11.3 Å². The molecule has 0 aliphatic rings. The van der Waals surface area contributed by atoms with Gasteiger partial charge in [-0.05, 0) is 36.5 Å². The summed E-state index contributed by atoms with van der Waals surface area (Å²) in [6, 6.07) is 3.83. The quantitative estimate of drug-likeness (QED) is 0.800. The third kappa shape index (κ3) is 2.55. The van der Waals surface area contributed by atoms with Gasteiger partial charge < -0.3 is 5.11 Å². The molecule has 78 valence electrons. The Bertz CT molecular complexity index is 296. The summed E-state index contributed by atoms with van der Waals surface area (Å²) >= 11 is 0. The van der Waals surface area contributed by atoms with Crippen LogP contribution in [0.15, 0.2) is 18.3 Å². The molecule has 0 saturated heterocycles. The number of aliphatic hydroxyl groups excluding tert-OH is 1. The van der Waals surface area contributed by atoms with Gasteiger partial charge in [-0.25, -0.2) is 0 Å². The van der Waals surface area contributed by atoms with E-state index in [1.54, 1.807) is 6.20 Å². The van der Waals surface area contributed by atoms with Gasteiger partial charge in [-0.15, -0.1) is 0 Å². The Morgan fingerprint density at radius 2 is 1.93 bits per heavy atom. The molecule has 0 aliphatic heterocycles. The predicted octanol–water partition coefficient (Wildman–Crippen LogP) is 2.72. The SMILES string of the molecule is Cc1cc(C(O)C(C)C(C)C)ccn1. The topological polar surface area (TPSA) is 33.1 Å². The second-order valence-corrected chi connectivity index (χ2v) is 4.28. The second-order valence-electron chi connectivity index (χ2n) is 4.28. The molecule has 0 radical (unpaired) electrons. The van der Waals surface area contributed by atoms with Crippen LogP contribution < -0.4 is 0 Å². The number of aryl methyl sites for hydroxylation is 1. The highest BCUT2D eigenvalue weighted by Gasteiger charge is 2.19. The van der Waals surface area contributed by atoms with Gasteiger partial charge in [0.25, 0.3) is 0 Å². The molecule has 0 aromatic carbocycles. The Balaban J connectivity index is 2.83. The van der Waals surface area contributed by atoms with E-state index in [2.05, 4.69) is 25.8 Å². The standard InChI is InChI=1S/C12H19NO/c1-8(2)10(4)12(14)11-5-6-13-9(3)7-11/h5-8,10,12,14H,1-4H3. The summed E-state index contributed by atoms with van der Waals surface area (Å²) in [5, 5.41) is 10.1. The maximum atomic E-state index is 10.1. The van der Waals surface area contributed by atoms with Crippen molar-refractivity contribution in [2.45, 2.75) is 33.8 Å². The smallest absolute Gasteiger partial charge is 0.0819 e. The van der Waals surface area contributed by atoms with Crippen LogP contribution in [0, 0.1) is 18.8 Å². The summed E-state index contributed by atoms with van der Waals surface area (Å²) in [5.41, 5.74) is 1.93. The Hall–Kier alpha value is -0.890. The van der Waals surface area contributed by atoms with Crippen molar-refractivity contribution in [2.75, 3.05) is 0 Å². The molecule has 1 aromatic rings. The molecule has 0 fully saturated rings. The van der Waals surface area contributed by atoms with Crippen molar-refractivity contribution in [3.05, 3.63) is 29.6 Å². The van der Waals surface area contributed by atoms with E-state index in [0.29, 0.717) is 5.92 Å². The van der Waals surface area contributed by atoms with Crippen molar-refractivity contribution in [2.24, 2.45) is 11.8 Å². The third-order valence-electron chi connectivity index (χ3n) is 2.81. The fourth-order valence-electron chi connectivity index (χ4n) is 1.42. The molecule has 0 aliphatic carbocycles. The van der Waals surface area contributed by atoms with Gasteiger partial charge in [0.15, 0.2) is 0 Å². The molecule has 14 heavy (non-hydrogen) atoms. The second kappa shape index (κ2) is 4.56. The van der Waals surface area contributed by atoms with Crippen LogP contribution >= 0.6 is 0 Å². The fraction of sp³-hybridized carbons (Fsp3) is 0.583. The number of hydrogen-bond donors (Lipinski definition) is 1. The van der Waals surface area contributed by atoms with E-state index >= 15 is 0 Å². The van der Waals surface area contributed by atoms with Crippen LogP contribution in [0.5, 0.6) is 0 Å². The number of hydrogen-bond acceptors (Lipinski definition) is 2. The zero-order valence-corrected chi connectivity index (χ0v) is 9.36. The maximum Gasteiger partial charge on any atom is 0.0819 e. The van der Waals surface area contributed by atoms with Crippen molar-refractivity contribution in [1.29, 1.82) is 0 Å². The molecule has 2 heteroatoms. The Labute approximate surface area is 86.0 Å². The lowest BCUT2D eigenvalue weighted by Crippen LogP contribution is -2.15. The molecule has 2 atom stereocenters. The largest absolute Gasteiger partial charge is 0.388 e. The van der Waals surface area contributed by atoms with Crippen LogP contribution in [-0.2, 0) is 0 Å². The van der Waals surface area contributed by atoms with Gasteiger partial charge in [0, 0.05) is 11.9 Å². The first kappa shape index (κ1) is 11.2. The molecular formula is C12H19NO. The first-order chi connectivity index (χ1) is 6.52. The summed E-state index contributed by atoms with van der Waals surface area (Å²) in [7, 11) is 0. The Morgan fingerprint density at radius 1 is 1.29 bits per heavy atom. The molecule has 1 aromatic heterocycles. The van der Waals surface area contributed by atoms with Crippen LogP contribution in [-0.4, -0.2) is 10.1 Å². The van der Waals surface area contributed by atoms with E-state index in [1.165, 1.54) is 0 Å². The summed E-state index contributed by atoms with van der Waals surface area (Å²) in [6.45, 7) is 8.27. The number of rotatable bonds is 3. The third-order valence-corrected chi connectivity index (χ3v) is 2.81. The minimum Gasteiger partial charge on any atom is -0.388 e. The summed E-state index contributed by atoms with van der Waals surface area (Å²) in [6.07, 6.45) is 1.37. The molecular weight excluding hydrogens is 174 g/mol. The van der Waals surface area contributed by atoms with Gasteiger partial charge in [-0.2, -0.15) is 0 Å². The maximum absolute atomic E-state index is 10.1. The van der Waals surface area contributed by atoms with Crippen molar-refractivity contribution < 1.29 is 5.11 Å². The van der Waals surface area contributed by atoms with Crippen molar-refractivity contribution >= 4 is 0 Å². The van der Waals surface area contributed by atoms with Crippen LogP contribution in [0.2, 0.25) is 0 Å². The minimum atomic E-state index is -0.378. The molecule has 0 spiro atoms. The number of aromatic nitrogens is 1. The van der Waals surface area contributed by atoms with Gasteiger partial charge in [-0.3, -0.25) is 4.98 Å². The van der Waals surface area contributed by atoms with E-state index < -0.39 is 0 Å². The molecule has 2 nitrogen and oxygen atoms in total. The average Bonchev–Trinajstić information content (AvgIpc) is 2.15. The van der Waals surface area contributed by atoms with Gasteiger partial charge in [-0.1, -0.05) is 20.8 Å². The van der Waals surface area contributed by atoms with Crippen LogP contribution in [0.25, 0.3) is 0 Å². The summed E-state index contributed by atoms with van der Waals surface area (Å²) in [4.78, 5) is 4.12. The molecule has 1 heterocycles. The number of pyridine rings is 1. The predicted molar refractivity (Wildman–Crippen MR) is 57.9 cm³/mol. The minimum absolute atomic E-state index is 0.275. The van der Waals surface area contributed by atoms with Gasteiger partial charge in [0.2, 0.25) is 0 Å². The zero-order chi connectivity index (χ0) is 10.7. The average molecular weight is 193 g/mol. The molecule has 2 unspecified atom stereocenters. The highest BCUT2D eigenvalue weighted by Crippen LogP contribution is 2.27. The van der Waals surface area contributed by atoms with Crippen LogP contribution in [0.1, 0.15) is 38.1 Å². The van der Waals surface area contributed by atoms with Crippen molar-refractivity contribution in [1.82, 2.24) is 4.98 Å². The van der Waals surface area contributed by atoms with Crippen LogP contribution in [0.4, 0.5) is 0 Å². The molecule has 1 N–H and O–H groups in total. The molecule has 0 saturated carbocycles. The fourth-order valence-corrected chi connectivity index (χ4v) is 1.42. The monoisotopic (exact) mass is 193 g/mol. The van der Waals surface area contributed by atoms with E-state index in [9.17, 15) is 5.11 Å². The highest BCUT2D eigenvalue weighted by molar-refractivity contribution is 5.18. The lowest BCUT2D eigenvalue weighted by atomic mass is 9.88.